The molecule has 4 heterocycles. The number of nitrogens with one attached hydrogen (secondary N) is 2. The van der Waals surface area contributed by atoms with Gasteiger partial charge in [-0.2, -0.15) is 0 Å². The molecule has 1 aliphatic rings. The van der Waals surface area contributed by atoms with Crippen molar-refractivity contribution >= 4 is 28.8 Å². The van der Waals surface area contributed by atoms with E-state index in [1.807, 2.05) is 4.40 Å². The number of urea groups is 1. The van der Waals surface area contributed by atoms with Gasteiger partial charge in [0.1, 0.15) is 0 Å². The summed E-state index contributed by atoms with van der Waals surface area (Å²) in [6.07, 6.45) is 6.07. The van der Waals surface area contributed by atoms with Crippen LogP contribution in [0.25, 0.3) is 16.2 Å². The van der Waals surface area contributed by atoms with Gasteiger partial charge in [0, 0.05) is 18.7 Å². The van der Waals surface area contributed by atoms with Crippen LogP contribution in [0.3, 0.4) is 0 Å². The summed E-state index contributed by atoms with van der Waals surface area (Å²) in [6.45, 7) is 4.05. The molecule has 1 aliphatic heterocycles. The number of piperidine rings is 1. The zero-order valence-electron chi connectivity index (χ0n) is 14.0. The number of carbonyl (C=O) groups is 1. The molecular weight excluding hydrogens is 336 g/mol. The number of anilines is 1. The molecule has 0 spiro atoms. The first-order chi connectivity index (χ1) is 12.1. The fraction of sp³-hybridized carbons (Fsp3) is 0.353. The van der Waals surface area contributed by atoms with E-state index in [1.165, 1.54) is 5.56 Å². The molecule has 4 rings (SSSR count). The summed E-state index contributed by atoms with van der Waals surface area (Å²) in [4.78, 5) is 21.6. The second-order valence-electron chi connectivity index (χ2n) is 6.37. The number of carbonyl (C=O) groups excluding carboxylic acids is 1. The maximum absolute atomic E-state index is 11.3. The number of aromatic nitrogens is 3. The highest BCUT2D eigenvalue weighted by atomic mass is 32.1. The van der Waals surface area contributed by atoms with Gasteiger partial charge in [-0.1, -0.05) is 0 Å². The zero-order valence-corrected chi connectivity index (χ0v) is 14.8. The van der Waals surface area contributed by atoms with Crippen molar-refractivity contribution < 1.29 is 4.79 Å². The van der Waals surface area contributed by atoms with Crippen LogP contribution < -0.4 is 16.4 Å². The number of fused-ring (bicyclic) bond motifs is 1. The fourth-order valence-corrected chi connectivity index (χ4v) is 4.16. The summed E-state index contributed by atoms with van der Waals surface area (Å²) in [6, 6.07) is 1.49. The van der Waals surface area contributed by atoms with E-state index < -0.39 is 6.03 Å². The van der Waals surface area contributed by atoms with Crippen molar-refractivity contribution in [2.45, 2.75) is 25.7 Å². The molecule has 3 aromatic rings. The highest BCUT2D eigenvalue weighted by molar-refractivity contribution is 7.13. The Morgan fingerprint density at radius 3 is 3.08 bits per heavy atom. The van der Waals surface area contributed by atoms with E-state index in [4.69, 9.17) is 10.7 Å². The van der Waals surface area contributed by atoms with Crippen molar-refractivity contribution in [2.75, 3.05) is 18.4 Å². The third-order valence-corrected chi connectivity index (χ3v) is 5.52. The number of aryl methyl sites for hydroxylation is 1. The molecule has 8 heteroatoms. The Morgan fingerprint density at radius 1 is 1.52 bits per heavy atom. The Hall–Kier alpha value is -2.45. The average molecular weight is 356 g/mol. The van der Waals surface area contributed by atoms with Crippen LogP contribution in [0.2, 0.25) is 0 Å². The van der Waals surface area contributed by atoms with Gasteiger partial charge < -0.3 is 11.1 Å². The first kappa shape index (κ1) is 16.0. The molecule has 0 radical (unpaired) electrons. The Balaban J connectivity index is 1.85. The summed E-state index contributed by atoms with van der Waals surface area (Å²) < 4.78 is 2.01. The van der Waals surface area contributed by atoms with Crippen molar-refractivity contribution in [3.63, 3.8) is 0 Å². The van der Waals surface area contributed by atoms with Crippen LogP contribution in [0.1, 0.15) is 30.0 Å². The van der Waals surface area contributed by atoms with Gasteiger partial charge in [0.25, 0.3) is 0 Å². The van der Waals surface area contributed by atoms with Crippen molar-refractivity contribution in [3.8, 4) is 10.6 Å². The Bertz CT molecular complexity index is 925. The number of hydrogen-bond donors (Lipinski definition) is 3. The number of nitrogens with two attached hydrogens (primary N) is 1. The van der Waals surface area contributed by atoms with Crippen molar-refractivity contribution in [1.82, 2.24) is 19.7 Å². The molecule has 3 aromatic heterocycles. The third-order valence-electron chi connectivity index (χ3n) is 4.45. The van der Waals surface area contributed by atoms with Gasteiger partial charge in [-0.25, -0.2) is 14.8 Å². The van der Waals surface area contributed by atoms with Crippen LogP contribution >= 0.6 is 11.3 Å². The number of nitrogens with zero attached hydrogens (tertiary/aromatic N) is 3. The average Bonchev–Trinajstić information content (AvgIpc) is 3.22. The van der Waals surface area contributed by atoms with Crippen LogP contribution in [0.15, 0.2) is 23.8 Å². The van der Waals surface area contributed by atoms with Gasteiger partial charge in [0.2, 0.25) is 0 Å². The Morgan fingerprint density at radius 2 is 2.40 bits per heavy atom. The highest BCUT2D eigenvalue weighted by Gasteiger charge is 2.21. The van der Waals surface area contributed by atoms with Crippen LogP contribution in [0.4, 0.5) is 10.6 Å². The molecule has 0 bridgehead atoms. The minimum atomic E-state index is -0.641. The maximum atomic E-state index is 11.3. The summed E-state index contributed by atoms with van der Waals surface area (Å²) >= 11 is 1.67. The molecule has 0 unspecified atom stereocenters. The van der Waals surface area contributed by atoms with E-state index in [1.54, 1.807) is 17.5 Å². The van der Waals surface area contributed by atoms with E-state index >= 15 is 0 Å². The number of imidazole rings is 1. The number of thiophene rings is 1. The van der Waals surface area contributed by atoms with Crippen molar-refractivity contribution in [2.24, 2.45) is 5.73 Å². The number of amides is 2. The lowest BCUT2D eigenvalue weighted by Crippen LogP contribution is -2.28. The van der Waals surface area contributed by atoms with Crippen LogP contribution in [-0.2, 0) is 0 Å². The largest absolute Gasteiger partial charge is 0.351 e. The standard InChI is InChI=1S/C17H20N6OS/c1-10-5-14(25-9-10)13-7-20-15(22-17(18)24)16-21-12(8-23(13)16)11-3-2-4-19-6-11/h5,7-9,11,19H,2-4,6H2,1H3,(H3,18,20,22,24)/t11-/m0/s1. The molecule has 7 nitrogen and oxygen atoms in total. The lowest BCUT2D eigenvalue weighted by atomic mass is 9.97. The van der Waals surface area contributed by atoms with Gasteiger partial charge in [0.15, 0.2) is 11.5 Å². The van der Waals surface area contributed by atoms with Crippen LogP contribution in [-0.4, -0.2) is 33.5 Å². The molecule has 0 saturated carbocycles. The molecular formula is C17H20N6OS. The number of hydrogen-bond acceptors (Lipinski definition) is 5. The molecule has 0 aromatic carbocycles. The molecule has 0 aliphatic carbocycles. The van der Waals surface area contributed by atoms with E-state index in [9.17, 15) is 4.79 Å². The first-order valence-electron chi connectivity index (χ1n) is 8.32. The smallest absolute Gasteiger partial charge is 0.317 e. The van der Waals surface area contributed by atoms with Gasteiger partial charge in [-0.3, -0.25) is 9.72 Å². The monoisotopic (exact) mass is 356 g/mol. The second-order valence-corrected chi connectivity index (χ2v) is 7.28. The molecule has 1 fully saturated rings. The van der Waals surface area contributed by atoms with E-state index in [0.717, 1.165) is 42.2 Å². The molecule has 4 N–H and O–H groups in total. The second kappa shape index (κ2) is 6.45. The van der Waals surface area contributed by atoms with E-state index in [-0.39, 0.29) is 0 Å². The summed E-state index contributed by atoms with van der Waals surface area (Å²) in [7, 11) is 0. The lowest BCUT2D eigenvalue weighted by Gasteiger charge is -2.20. The molecule has 1 saturated heterocycles. The predicted octanol–water partition coefficient (Wildman–Crippen LogP) is 2.72. The van der Waals surface area contributed by atoms with Crippen LogP contribution in [0, 0.1) is 6.92 Å². The van der Waals surface area contributed by atoms with Gasteiger partial charge in [-0.05, 0) is 43.3 Å². The molecule has 130 valence electrons. The quantitative estimate of drug-likeness (QED) is 0.672. The fourth-order valence-electron chi connectivity index (χ4n) is 3.25. The minimum absolute atomic E-state index is 0.369. The van der Waals surface area contributed by atoms with Crippen LogP contribution in [0.5, 0.6) is 0 Å². The summed E-state index contributed by atoms with van der Waals surface area (Å²) in [5.41, 5.74) is 9.10. The third kappa shape index (κ3) is 3.10. The topological polar surface area (TPSA) is 97.3 Å². The van der Waals surface area contributed by atoms with Crippen molar-refractivity contribution in [3.05, 3.63) is 35.1 Å². The first-order valence-corrected chi connectivity index (χ1v) is 9.20. The predicted molar refractivity (Wildman–Crippen MR) is 99.1 cm³/mol. The lowest BCUT2D eigenvalue weighted by molar-refractivity contribution is 0.259. The minimum Gasteiger partial charge on any atom is -0.351 e. The van der Waals surface area contributed by atoms with Gasteiger partial charge in [0.05, 0.1) is 22.5 Å². The SMILES string of the molecule is Cc1csc(-c2cnc(NC(N)=O)c3nc([C@H]4CCCNC4)cn23)c1. The van der Waals surface area contributed by atoms with Crippen molar-refractivity contribution in [1.29, 1.82) is 0 Å². The maximum Gasteiger partial charge on any atom is 0.317 e. The van der Waals surface area contributed by atoms with Gasteiger partial charge >= 0.3 is 6.03 Å². The Kier molecular flexibility index (Phi) is 4.14. The molecule has 2 amide bonds. The van der Waals surface area contributed by atoms with Gasteiger partial charge in [-0.15, -0.1) is 11.3 Å². The van der Waals surface area contributed by atoms with E-state index in [2.05, 4.69) is 40.2 Å². The summed E-state index contributed by atoms with van der Waals surface area (Å²) in [5, 5.41) is 8.11. The highest BCUT2D eigenvalue weighted by Crippen LogP contribution is 2.31. The molecule has 1 atom stereocenters. The summed E-state index contributed by atoms with van der Waals surface area (Å²) in [5.74, 6) is 0.757. The normalized spacial score (nSPS) is 17.7. The number of primary amides is 1. The Labute approximate surface area is 149 Å². The zero-order chi connectivity index (χ0) is 17.4. The molecule has 25 heavy (non-hydrogen) atoms. The number of rotatable bonds is 3. The van der Waals surface area contributed by atoms with E-state index in [0.29, 0.717) is 17.4 Å².